The number of ether oxygens (including phenoxy) is 1. The van der Waals surface area contributed by atoms with Crippen LogP contribution in [0.5, 0.6) is 0 Å². The molecule has 1 aliphatic heterocycles. The number of halogens is 1. The standard InChI is InChI=1S/C21H25FN4O2S/c1-21(2,3)28-20(27)25-10-7-17(8-11-25)26-19(6-9-24-26)29-14-16-5-4-15(13-23)12-18(16)22/h4-6,9,12,17H,7-8,10-11,14H2,1-3H3. The minimum atomic E-state index is -0.500. The molecule has 0 spiro atoms. The molecule has 3 rings (SSSR count). The Morgan fingerprint density at radius 2 is 2.07 bits per heavy atom. The fourth-order valence-electron chi connectivity index (χ4n) is 3.20. The maximum atomic E-state index is 14.1. The van der Waals surface area contributed by atoms with Crippen LogP contribution in [-0.4, -0.2) is 39.5 Å². The number of carbonyl (C=O) groups is 1. The van der Waals surface area contributed by atoms with E-state index in [2.05, 4.69) is 5.10 Å². The molecule has 0 saturated carbocycles. The van der Waals surface area contributed by atoms with E-state index < -0.39 is 5.60 Å². The van der Waals surface area contributed by atoms with Gasteiger partial charge in [0.25, 0.3) is 0 Å². The first-order valence-electron chi connectivity index (χ1n) is 9.59. The van der Waals surface area contributed by atoms with Gasteiger partial charge in [-0.1, -0.05) is 6.07 Å². The molecular formula is C21H25FN4O2S. The molecule has 1 aromatic carbocycles. The summed E-state index contributed by atoms with van der Waals surface area (Å²) in [6, 6.07) is 8.60. The van der Waals surface area contributed by atoms with Crippen LogP contribution in [0.4, 0.5) is 9.18 Å². The third kappa shape index (κ3) is 5.51. The van der Waals surface area contributed by atoms with E-state index in [0.717, 1.165) is 17.9 Å². The zero-order valence-corrected chi connectivity index (χ0v) is 17.7. The highest BCUT2D eigenvalue weighted by Crippen LogP contribution is 2.30. The van der Waals surface area contributed by atoms with Gasteiger partial charge in [-0.15, -0.1) is 11.8 Å². The van der Waals surface area contributed by atoms with Gasteiger partial charge < -0.3 is 9.64 Å². The number of nitriles is 1. The number of rotatable bonds is 4. The number of benzene rings is 1. The highest BCUT2D eigenvalue weighted by molar-refractivity contribution is 7.98. The van der Waals surface area contributed by atoms with Crippen LogP contribution in [0.1, 0.15) is 50.8 Å². The van der Waals surface area contributed by atoms with E-state index in [0.29, 0.717) is 30.0 Å². The Morgan fingerprint density at radius 3 is 2.69 bits per heavy atom. The topological polar surface area (TPSA) is 71.2 Å². The second kappa shape index (κ2) is 8.87. The molecular weight excluding hydrogens is 391 g/mol. The quantitative estimate of drug-likeness (QED) is 0.672. The van der Waals surface area contributed by atoms with Gasteiger partial charge in [0.1, 0.15) is 11.4 Å². The minimum absolute atomic E-state index is 0.192. The largest absolute Gasteiger partial charge is 0.444 e. The molecule has 8 heteroatoms. The maximum Gasteiger partial charge on any atom is 0.410 e. The van der Waals surface area contributed by atoms with Crippen molar-refractivity contribution in [1.82, 2.24) is 14.7 Å². The normalized spacial score (nSPS) is 15.2. The van der Waals surface area contributed by atoms with Crippen molar-refractivity contribution < 1.29 is 13.9 Å². The molecule has 0 unspecified atom stereocenters. The van der Waals surface area contributed by atoms with Gasteiger partial charge in [0.2, 0.25) is 0 Å². The van der Waals surface area contributed by atoms with Crippen LogP contribution in [0.3, 0.4) is 0 Å². The van der Waals surface area contributed by atoms with Crippen molar-refractivity contribution in [2.75, 3.05) is 13.1 Å². The monoisotopic (exact) mass is 416 g/mol. The number of piperidine rings is 1. The Balaban J connectivity index is 1.58. The molecule has 0 bridgehead atoms. The van der Waals surface area contributed by atoms with Gasteiger partial charge in [-0.3, -0.25) is 4.68 Å². The van der Waals surface area contributed by atoms with Gasteiger partial charge in [-0.25, -0.2) is 9.18 Å². The lowest BCUT2D eigenvalue weighted by atomic mass is 10.1. The number of nitrogens with zero attached hydrogens (tertiary/aromatic N) is 4. The molecule has 0 radical (unpaired) electrons. The van der Waals surface area contributed by atoms with Crippen LogP contribution < -0.4 is 0 Å². The highest BCUT2D eigenvalue weighted by atomic mass is 32.2. The predicted octanol–water partition coefficient (Wildman–Crippen LogP) is 4.76. The van der Waals surface area contributed by atoms with E-state index in [9.17, 15) is 9.18 Å². The average molecular weight is 417 g/mol. The molecule has 1 saturated heterocycles. The third-order valence-electron chi connectivity index (χ3n) is 4.65. The van der Waals surface area contributed by atoms with Crippen LogP contribution >= 0.6 is 11.8 Å². The molecule has 2 heterocycles. The molecule has 29 heavy (non-hydrogen) atoms. The average Bonchev–Trinajstić information content (AvgIpc) is 3.14. The van der Waals surface area contributed by atoms with E-state index in [1.807, 2.05) is 37.6 Å². The van der Waals surface area contributed by atoms with Gasteiger partial charge in [-0.2, -0.15) is 10.4 Å². The van der Waals surface area contributed by atoms with Crippen LogP contribution in [0.15, 0.2) is 35.5 Å². The summed E-state index contributed by atoms with van der Waals surface area (Å²) < 4.78 is 21.5. The first kappa shape index (κ1) is 21.2. The van der Waals surface area contributed by atoms with E-state index in [1.54, 1.807) is 23.2 Å². The molecule has 6 nitrogen and oxygen atoms in total. The Morgan fingerprint density at radius 1 is 1.34 bits per heavy atom. The lowest BCUT2D eigenvalue weighted by Crippen LogP contribution is -2.42. The Bertz CT molecular complexity index is 908. The van der Waals surface area contributed by atoms with Crippen molar-refractivity contribution in [2.45, 2.75) is 56.0 Å². The number of hydrogen-bond acceptors (Lipinski definition) is 5. The second-order valence-corrected chi connectivity index (χ2v) is 9.01. The summed E-state index contributed by atoms with van der Waals surface area (Å²) in [4.78, 5) is 14.0. The molecule has 1 amide bonds. The molecule has 154 valence electrons. The summed E-state index contributed by atoms with van der Waals surface area (Å²) in [5, 5.41) is 14.3. The summed E-state index contributed by atoms with van der Waals surface area (Å²) in [7, 11) is 0. The van der Waals surface area contributed by atoms with Gasteiger partial charge in [0.05, 0.1) is 28.9 Å². The summed E-state index contributed by atoms with van der Waals surface area (Å²) in [5.74, 6) is 0.0910. The SMILES string of the molecule is CC(C)(C)OC(=O)N1CCC(n2nccc2SCc2ccc(C#N)cc2F)CC1. The molecule has 0 N–H and O–H groups in total. The van der Waals surface area contributed by atoms with Crippen molar-refractivity contribution in [1.29, 1.82) is 5.26 Å². The zero-order chi connectivity index (χ0) is 21.0. The molecule has 1 aromatic heterocycles. The van der Waals surface area contributed by atoms with Crippen molar-refractivity contribution in [3.8, 4) is 6.07 Å². The van der Waals surface area contributed by atoms with Crippen LogP contribution in [0.2, 0.25) is 0 Å². The summed E-state index contributed by atoms with van der Waals surface area (Å²) in [6.45, 7) is 6.83. The summed E-state index contributed by atoms with van der Waals surface area (Å²) >= 11 is 1.52. The van der Waals surface area contributed by atoms with Crippen LogP contribution in [-0.2, 0) is 10.5 Å². The molecule has 2 aromatic rings. The van der Waals surface area contributed by atoms with Gasteiger partial charge in [0.15, 0.2) is 0 Å². The van der Waals surface area contributed by atoms with Crippen LogP contribution in [0.25, 0.3) is 0 Å². The number of aromatic nitrogens is 2. The number of amides is 1. The summed E-state index contributed by atoms with van der Waals surface area (Å²) in [6.07, 6.45) is 3.05. The lowest BCUT2D eigenvalue weighted by Gasteiger charge is -2.34. The number of carbonyl (C=O) groups excluding carboxylic acids is 1. The highest BCUT2D eigenvalue weighted by Gasteiger charge is 2.28. The van der Waals surface area contributed by atoms with E-state index in [4.69, 9.17) is 10.00 Å². The molecule has 1 aliphatic rings. The lowest BCUT2D eigenvalue weighted by molar-refractivity contribution is 0.0182. The van der Waals surface area contributed by atoms with Gasteiger partial charge >= 0.3 is 6.09 Å². The first-order chi connectivity index (χ1) is 13.8. The Kier molecular flexibility index (Phi) is 6.48. The summed E-state index contributed by atoms with van der Waals surface area (Å²) in [5.41, 5.74) is 0.375. The Hall–Kier alpha value is -2.53. The molecule has 0 aliphatic carbocycles. The van der Waals surface area contributed by atoms with Crippen LogP contribution in [0, 0.1) is 17.1 Å². The third-order valence-corrected chi connectivity index (χ3v) is 5.73. The number of hydrogen-bond donors (Lipinski definition) is 0. The van der Waals surface area contributed by atoms with Crippen molar-refractivity contribution in [3.05, 3.63) is 47.4 Å². The van der Waals surface area contributed by atoms with Crippen molar-refractivity contribution in [3.63, 3.8) is 0 Å². The van der Waals surface area contributed by atoms with Crippen molar-refractivity contribution >= 4 is 17.9 Å². The van der Waals surface area contributed by atoms with Gasteiger partial charge in [-0.05, 0) is 57.4 Å². The molecule has 0 atom stereocenters. The number of thioether (sulfide) groups is 1. The van der Waals surface area contributed by atoms with E-state index >= 15 is 0 Å². The fourth-order valence-corrected chi connectivity index (χ4v) is 4.22. The maximum absolute atomic E-state index is 14.1. The minimum Gasteiger partial charge on any atom is -0.444 e. The fraction of sp³-hybridized carbons (Fsp3) is 0.476. The van der Waals surface area contributed by atoms with Crippen molar-refractivity contribution in [2.24, 2.45) is 0 Å². The zero-order valence-electron chi connectivity index (χ0n) is 16.9. The Labute approximate surface area is 174 Å². The first-order valence-corrected chi connectivity index (χ1v) is 10.6. The predicted molar refractivity (Wildman–Crippen MR) is 109 cm³/mol. The number of likely N-dealkylation sites (tertiary alicyclic amines) is 1. The molecule has 1 fully saturated rings. The van der Waals surface area contributed by atoms with E-state index in [1.165, 1.54) is 17.8 Å². The second-order valence-electron chi connectivity index (χ2n) is 8.02. The smallest absolute Gasteiger partial charge is 0.410 e. The van der Waals surface area contributed by atoms with Gasteiger partial charge in [0, 0.05) is 18.8 Å². The van der Waals surface area contributed by atoms with E-state index in [-0.39, 0.29) is 18.0 Å².